The molecule has 0 atom stereocenters. The van der Waals surface area contributed by atoms with Crippen molar-refractivity contribution in [3.05, 3.63) is 77.5 Å². The third-order valence-electron chi connectivity index (χ3n) is 4.43. The summed E-state index contributed by atoms with van der Waals surface area (Å²) in [6, 6.07) is 14.8. The molecular weight excluding hydrogens is 403 g/mol. The van der Waals surface area contributed by atoms with E-state index in [1.165, 1.54) is 0 Å². The van der Waals surface area contributed by atoms with Gasteiger partial charge in [0.2, 0.25) is 0 Å². The first-order valence-electron chi connectivity index (χ1n) is 9.01. The minimum Gasteiger partial charge on any atom is -0.497 e. The summed E-state index contributed by atoms with van der Waals surface area (Å²) in [5.41, 5.74) is 0.152. The lowest BCUT2D eigenvalue weighted by Crippen LogP contribution is -2.13. The van der Waals surface area contributed by atoms with Crippen LogP contribution in [0.1, 0.15) is 23.7 Å². The smallest absolute Gasteiger partial charge is 0.416 e. The van der Waals surface area contributed by atoms with Crippen molar-refractivity contribution >= 4 is 5.69 Å². The summed E-state index contributed by atoms with van der Waals surface area (Å²) in [4.78, 5) is 4.48. The van der Waals surface area contributed by atoms with Gasteiger partial charge >= 0.3 is 6.18 Å². The predicted molar refractivity (Wildman–Crippen MR) is 105 cm³/mol. The molecule has 3 nitrogen and oxygen atoms in total. The molecule has 0 radical (unpaired) electrons. The summed E-state index contributed by atoms with van der Waals surface area (Å²) in [7, 11) is 1.56. The van der Waals surface area contributed by atoms with E-state index in [0.717, 1.165) is 17.7 Å². The molecule has 3 aromatic rings. The monoisotopic (exact) mass is 422 g/mol. The van der Waals surface area contributed by atoms with Gasteiger partial charge in [-0.2, -0.15) is 13.2 Å². The molecule has 30 heavy (non-hydrogen) atoms. The van der Waals surface area contributed by atoms with Gasteiger partial charge in [-0.3, -0.25) is 4.98 Å². The minimum absolute atomic E-state index is 0.0574. The number of aromatic nitrogens is 1. The molecule has 1 N–H and O–H groups in total. The molecule has 0 amide bonds. The van der Waals surface area contributed by atoms with Crippen molar-refractivity contribution in [3.8, 4) is 17.0 Å². The first-order chi connectivity index (χ1) is 14.1. The molecule has 3 rings (SSSR count). The van der Waals surface area contributed by atoms with Crippen molar-refractivity contribution in [2.45, 2.75) is 25.6 Å². The number of nitrogens with zero attached hydrogens (tertiary/aromatic N) is 1. The van der Waals surface area contributed by atoms with E-state index in [0.29, 0.717) is 30.1 Å². The minimum atomic E-state index is -4.73. The Labute approximate surface area is 170 Å². The molecule has 0 bridgehead atoms. The molecule has 0 aliphatic rings. The maximum atomic E-state index is 13.6. The van der Waals surface area contributed by atoms with Crippen molar-refractivity contribution < 1.29 is 26.7 Å². The van der Waals surface area contributed by atoms with Crippen LogP contribution in [0.25, 0.3) is 11.3 Å². The maximum Gasteiger partial charge on any atom is 0.416 e. The first-order valence-corrected chi connectivity index (χ1v) is 9.01. The molecule has 0 aliphatic carbocycles. The molecule has 0 saturated carbocycles. The summed E-state index contributed by atoms with van der Waals surface area (Å²) >= 11 is 0. The summed E-state index contributed by atoms with van der Waals surface area (Å²) in [6.45, 7) is 0.631. The van der Waals surface area contributed by atoms with E-state index in [1.54, 1.807) is 37.4 Å². The second-order valence-electron chi connectivity index (χ2n) is 6.78. The van der Waals surface area contributed by atoms with Gasteiger partial charge in [-0.1, -0.05) is 6.07 Å². The number of hydrogen-bond acceptors (Lipinski definition) is 3. The highest BCUT2D eigenvalue weighted by atomic mass is 19.4. The Kier molecular flexibility index (Phi) is 5.96. The van der Waals surface area contributed by atoms with Gasteiger partial charge in [-0.25, -0.2) is 8.78 Å². The molecule has 1 heterocycles. The van der Waals surface area contributed by atoms with Crippen molar-refractivity contribution in [1.82, 2.24) is 4.98 Å². The summed E-state index contributed by atoms with van der Waals surface area (Å²) in [5, 5.41) is 2.77. The van der Waals surface area contributed by atoms with Crippen molar-refractivity contribution in [3.63, 3.8) is 0 Å². The van der Waals surface area contributed by atoms with E-state index >= 15 is 0 Å². The largest absolute Gasteiger partial charge is 0.497 e. The lowest BCUT2D eigenvalue weighted by atomic mass is 10.0. The number of methoxy groups -OCH3 is 1. The SMILES string of the molecule is COc1ccc(-c2cccc(CNc3cc(C(C)(F)F)cc(C(F)(F)F)c3)n2)cc1. The molecule has 0 fully saturated rings. The highest BCUT2D eigenvalue weighted by Gasteiger charge is 2.34. The maximum absolute atomic E-state index is 13.6. The zero-order valence-corrected chi connectivity index (χ0v) is 16.2. The number of alkyl halides is 5. The van der Waals surface area contributed by atoms with Crippen LogP contribution in [-0.2, 0) is 18.6 Å². The summed E-state index contributed by atoms with van der Waals surface area (Å²) in [5.74, 6) is -2.70. The molecule has 0 unspecified atom stereocenters. The lowest BCUT2D eigenvalue weighted by molar-refractivity contribution is -0.137. The Morgan fingerprint density at radius 1 is 0.900 bits per heavy atom. The van der Waals surface area contributed by atoms with Crippen LogP contribution in [0.2, 0.25) is 0 Å². The van der Waals surface area contributed by atoms with Crippen molar-refractivity contribution in [2.24, 2.45) is 0 Å². The van der Waals surface area contributed by atoms with Gasteiger partial charge in [0.05, 0.1) is 30.6 Å². The Hall–Kier alpha value is -3.16. The Morgan fingerprint density at radius 3 is 2.17 bits per heavy atom. The van der Waals surface area contributed by atoms with E-state index in [2.05, 4.69) is 10.3 Å². The first kappa shape index (κ1) is 21.5. The molecule has 158 valence electrons. The zero-order valence-electron chi connectivity index (χ0n) is 16.2. The lowest BCUT2D eigenvalue weighted by Gasteiger charge is -2.17. The van der Waals surface area contributed by atoms with E-state index in [9.17, 15) is 22.0 Å². The standard InChI is InChI=1S/C22H19F5N2O/c1-21(23,24)15-10-16(22(25,26)27)12-18(11-15)28-13-17-4-3-5-20(29-17)14-6-8-19(30-2)9-7-14/h3-12,28H,13H2,1-2H3. The predicted octanol–water partition coefficient (Wildman–Crippen LogP) is 6.50. The number of halogens is 5. The van der Waals surface area contributed by atoms with Crippen molar-refractivity contribution in [1.29, 1.82) is 0 Å². The fourth-order valence-corrected chi connectivity index (χ4v) is 2.84. The molecule has 0 saturated heterocycles. The zero-order chi connectivity index (χ0) is 21.9. The van der Waals surface area contributed by atoms with Gasteiger partial charge in [0, 0.05) is 23.7 Å². The average Bonchev–Trinajstić information content (AvgIpc) is 2.71. The second kappa shape index (κ2) is 8.30. The van der Waals surface area contributed by atoms with Gasteiger partial charge in [0.15, 0.2) is 0 Å². The third kappa shape index (κ3) is 5.25. The number of ether oxygens (including phenoxy) is 1. The van der Waals surface area contributed by atoms with E-state index in [1.807, 2.05) is 12.1 Å². The molecule has 2 aromatic carbocycles. The van der Waals surface area contributed by atoms with Crippen molar-refractivity contribution in [2.75, 3.05) is 12.4 Å². The molecular formula is C22H19F5N2O. The van der Waals surface area contributed by atoms with Gasteiger partial charge in [-0.15, -0.1) is 0 Å². The molecule has 1 aromatic heterocycles. The van der Waals surface area contributed by atoms with Crippen LogP contribution in [0.3, 0.4) is 0 Å². The number of anilines is 1. The number of hydrogen-bond donors (Lipinski definition) is 1. The summed E-state index contributed by atoms with van der Waals surface area (Å²) in [6.07, 6.45) is -4.73. The van der Waals surface area contributed by atoms with Crippen LogP contribution >= 0.6 is 0 Å². The Bertz CT molecular complexity index is 979. The van der Waals surface area contributed by atoms with Crippen LogP contribution in [0.4, 0.5) is 27.6 Å². The van der Waals surface area contributed by atoms with E-state index < -0.39 is 23.2 Å². The fraction of sp³-hybridized carbons (Fsp3) is 0.227. The third-order valence-corrected chi connectivity index (χ3v) is 4.43. The van der Waals surface area contributed by atoms with E-state index in [-0.39, 0.29) is 12.2 Å². The quantitative estimate of drug-likeness (QED) is 0.461. The fourth-order valence-electron chi connectivity index (χ4n) is 2.84. The van der Waals surface area contributed by atoms with Crippen LogP contribution in [0.15, 0.2) is 60.7 Å². The van der Waals surface area contributed by atoms with Crippen LogP contribution in [0.5, 0.6) is 5.75 Å². The van der Waals surface area contributed by atoms with Gasteiger partial charge in [0.25, 0.3) is 5.92 Å². The highest BCUT2D eigenvalue weighted by Crippen LogP contribution is 2.36. The number of benzene rings is 2. The molecule has 8 heteroatoms. The topological polar surface area (TPSA) is 34.1 Å². The number of rotatable bonds is 6. The molecule has 0 spiro atoms. The molecule has 0 aliphatic heterocycles. The second-order valence-corrected chi connectivity index (χ2v) is 6.78. The number of pyridine rings is 1. The van der Waals surface area contributed by atoms with E-state index in [4.69, 9.17) is 4.74 Å². The number of nitrogens with one attached hydrogen (secondary N) is 1. The van der Waals surface area contributed by atoms with Gasteiger partial charge < -0.3 is 10.1 Å². The van der Waals surface area contributed by atoms with Crippen LogP contribution in [-0.4, -0.2) is 12.1 Å². The van der Waals surface area contributed by atoms with Gasteiger partial charge in [-0.05, 0) is 54.6 Å². The van der Waals surface area contributed by atoms with Crippen LogP contribution < -0.4 is 10.1 Å². The Balaban J connectivity index is 1.83. The Morgan fingerprint density at radius 2 is 1.57 bits per heavy atom. The van der Waals surface area contributed by atoms with Crippen LogP contribution in [0, 0.1) is 0 Å². The summed E-state index contributed by atoms with van der Waals surface area (Å²) < 4.78 is 71.7. The normalized spacial score (nSPS) is 12.0. The highest BCUT2D eigenvalue weighted by molar-refractivity contribution is 5.60. The van der Waals surface area contributed by atoms with Gasteiger partial charge in [0.1, 0.15) is 5.75 Å². The average molecular weight is 422 g/mol.